The molecule has 1 atom stereocenters. The van der Waals surface area contributed by atoms with E-state index in [4.69, 9.17) is 16.3 Å². The first-order valence-electron chi connectivity index (χ1n) is 9.92. The number of nitrogens with zero attached hydrogens (tertiary/aromatic N) is 4. The third kappa shape index (κ3) is 3.71. The minimum Gasteiger partial charge on any atom is -0.446 e. The van der Waals surface area contributed by atoms with E-state index in [0.717, 1.165) is 24.0 Å². The van der Waals surface area contributed by atoms with Gasteiger partial charge in [0.15, 0.2) is 0 Å². The second-order valence-electron chi connectivity index (χ2n) is 8.04. The first kappa shape index (κ1) is 19.8. The molecule has 0 saturated heterocycles. The molecule has 2 amide bonds. The first-order valence-corrected chi connectivity index (χ1v) is 10.3. The summed E-state index contributed by atoms with van der Waals surface area (Å²) in [6, 6.07) is 3.88. The number of fused-ring (bicyclic) bond motifs is 1. The second kappa shape index (κ2) is 7.37. The average Bonchev–Trinajstić information content (AvgIpc) is 3.37. The third-order valence-corrected chi connectivity index (χ3v) is 5.54. The highest BCUT2D eigenvalue weighted by Gasteiger charge is 2.35. The van der Waals surface area contributed by atoms with Gasteiger partial charge in [0.2, 0.25) is 5.91 Å². The van der Waals surface area contributed by atoms with E-state index in [0.29, 0.717) is 29.0 Å². The number of hydrogen-bond acceptors (Lipinski definition) is 4. The summed E-state index contributed by atoms with van der Waals surface area (Å²) >= 11 is 6.62. The summed E-state index contributed by atoms with van der Waals surface area (Å²) in [6.07, 6.45) is 5.38. The van der Waals surface area contributed by atoms with Crippen LogP contribution in [-0.4, -0.2) is 40.5 Å². The Labute approximate surface area is 175 Å². The highest BCUT2D eigenvalue weighted by Crippen LogP contribution is 2.43. The van der Waals surface area contributed by atoms with Crippen LogP contribution in [0.4, 0.5) is 16.2 Å². The molecule has 1 aromatic heterocycles. The molecule has 2 heterocycles. The average molecular weight is 417 g/mol. The predicted molar refractivity (Wildman–Crippen MR) is 113 cm³/mol. The number of ether oxygens (including phenoxy) is 1. The van der Waals surface area contributed by atoms with E-state index in [1.165, 1.54) is 6.92 Å². The molecule has 154 valence electrons. The first-order chi connectivity index (χ1) is 13.8. The summed E-state index contributed by atoms with van der Waals surface area (Å²) in [5, 5.41) is 4.96. The number of carbonyl (C=O) groups is 2. The monoisotopic (exact) mass is 416 g/mol. The molecule has 1 aromatic carbocycles. The molecule has 0 N–H and O–H groups in total. The molecule has 8 heteroatoms. The Kier molecular flexibility index (Phi) is 5.02. The van der Waals surface area contributed by atoms with Crippen LogP contribution in [0.25, 0.3) is 11.1 Å². The van der Waals surface area contributed by atoms with Gasteiger partial charge in [0.1, 0.15) is 0 Å². The van der Waals surface area contributed by atoms with E-state index in [-0.39, 0.29) is 18.1 Å². The number of halogens is 1. The van der Waals surface area contributed by atoms with Crippen LogP contribution in [-0.2, 0) is 9.53 Å². The van der Waals surface area contributed by atoms with E-state index >= 15 is 0 Å². The fourth-order valence-corrected chi connectivity index (χ4v) is 4.06. The summed E-state index contributed by atoms with van der Waals surface area (Å²) in [7, 11) is 0. The largest absolute Gasteiger partial charge is 0.446 e. The van der Waals surface area contributed by atoms with Gasteiger partial charge in [-0.1, -0.05) is 11.6 Å². The summed E-state index contributed by atoms with van der Waals surface area (Å²) in [5.41, 5.74) is 2.88. The van der Waals surface area contributed by atoms with E-state index in [2.05, 4.69) is 5.10 Å². The Morgan fingerprint density at radius 2 is 1.97 bits per heavy atom. The molecule has 0 unspecified atom stereocenters. The lowest BCUT2D eigenvalue weighted by Crippen LogP contribution is -2.51. The van der Waals surface area contributed by atoms with Crippen molar-refractivity contribution in [2.45, 2.75) is 58.7 Å². The fourth-order valence-electron chi connectivity index (χ4n) is 3.80. The predicted octanol–water partition coefficient (Wildman–Crippen LogP) is 4.64. The highest BCUT2D eigenvalue weighted by molar-refractivity contribution is 6.34. The fraction of sp³-hybridized carbons (Fsp3) is 0.476. The van der Waals surface area contributed by atoms with Crippen molar-refractivity contribution in [3.63, 3.8) is 0 Å². The zero-order chi connectivity index (χ0) is 20.9. The number of carbonyl (C=O) groups excluding carboxylic acids is 2. The molecular weight excluding hydrogens is 392 g/mol. The molecule has 1 fully saturated rings. The lowest BCUT2D eigenvalue weighted by molar-refractivity contribution is -0.117. The van der Waals surface area contributed by atoms with Crippen LogP contribution in [0.1, 0.15) is 46.6 Å². The maximum Gasteiger partial charge on any atom is 0.414 e. The molecular formula is C21H25ClN4O3. The Morgan fingerprint density at radius 1 is 1.24 bits per heavy atom. The van der Waals surface area contributed by atoms with Crippen LogP contribution in [0.15, 0.2) is 24.5 Å². The number of amides is 2. The van der Waals surface area contributed by atoms with E-state index < -0.39 is 6.09 Å². The molecule has 2 aromatic rings. The van der Waals surface area contributed by atoms with Gasteiger partial charge in [-0.25, -0.2) is 4.79 Å². The zero-order valence-electron chi connectivity index (χ0n) is 17.1. The summed E-state index contributed by atoms with van der Waals surface area (Å²) in [5.74, 6) is -0.0963. The molecule has 1 aliphatic carbocycles. The smallest absolute Gasteiger partial charge is 0.414 e. The van der Waals surface area contributed by atoms with Crippen LogP contribution in [0.5, 0.6) is 0 Å². The number of anilines is 2. The molecule has 2 aliphatic rings. The third-order valence-electron chi connectivity index (χ3n) is 5.23. The maximum absolute atomic E-state index is 12.8. The van der Waals surface area contributed by atoms with Crippen molar-refractivity contribution >= 4 is 35.0 Å². The van der Waals surface area contributed by atoms with E-state index in [1.54, 1.807) is 22.1 Å². The van der Waals surface area contributed by atoms with Crippen LogP contribution in [0.2, 0.25) is 5.02 Å². The molecule has 29 heavy (non-hydrogen) atoms. The normalized spacial score (nSPS) is 18.8. The second-order valence-corrected chi connectivity index (χ2v) is 8.45. The van der Waals surface area contributed by atoms with Crippen molar-refractivity contribution in [2.75, 3.05) is 16.3 Å². The van der Waals surface area contributed by atoms with Gasteiger partial charge >= 0.3 is 6.09 Å². The summed E-state index contributed by atoms with van der Waals surface area (Å²) in [6.45, 7) is 7.40. The minimum absolute atomic E-state index is 0.0963. The molecule has 0 bridgehead atoms. The van der Waals surface area contributed by atoms with Crippen LogP contribution in [0.3, 0.4) is 0 Å². The zero-order valence-corrected chi connectivity index (χ0v) is 17.8. The quantitative estimate of drug-likeness (QED) is 0.730. The van der Waals surface area contributed by atoms with Gasteiger partial charge in [-0.2, -0.15) is 5.10 Å². The molecule has 0 radical (unpaired) electrons. The summed E-state index contributed by atoms with van der Waals surface area (Å²) < 4.78 is 7.40. The number of rotatable bonds is 3. The minimum atomic E-state index is -0.432. The number of hydrogen-bond donors (Lipinski definition) is 0. The summed E-state index contributed by atoms with van der Waals surface area (Å²) in [4.78, 5) is 28.4. The van der Waals surface area contributed by atoms with Crippen LogP contribution < -0.4 is 9.80 Å². The number of aromatic nitrogens is 2. The van der Waals surface area contributed by atoms with Gasteiger partial charge in [0.25, 0.3) is 0 Å². The molecule has 7 nitrogen and oxygen atoms in total. The van der Waals surface area contributed by atoms with Crippen molar-refractivity contribution in [1.82, 2.24) is 9.78 Å². The standard InChI is InChI=1S/C21H25ClN4O3/c1-12(2)29-21(28)24-10-13(3)26(14(4)27)20-8-18(22)17(7-19(20)24)15-9-23-25(11-15)16-5-6-16/h7-9,11-13,16H,5-6,10H2,1-4H3/t13-/m0/s1. The topological polar surface area (TPSA) is 67.7 Å². The number of benzene rings is 1. The van der Waals surface area contributed by atoms with Gasteiger partial charge in [-0.15, -0.1) is 0 Å². The van der Waals surface area contributed by atoms with Gasteiger partial charge < -0.3 is 9.64 Å². The lowest BCUT2D eigenvalue weighted by atomic mass is 10.0. The van der Waals surface area contributed by atoms with E-state index in [9.17, 15) is 9.59 Å². The highest BCUT2D eigenvalue weighted by atomic mass is 35.5. The molecule has 1 aliphatic heterocycles. The Balaban J connectivity index is 1.81. The van der Waals surface area contributed by atoms with Crippen molar-refractivity contribution in [1.29, 1.82) is 0 Å². The van der Waals surface area contributed by atoms with Crippen molar-refractivity contribution in [2.24, 2.45) is 0 Å². The SMILES string of the molecule is CC(=O)N1c2cc(Cl)c(-c3cnn(C4CC4)c3)cc2N(C(=O)OC(C)C)C[C@@H]1C. The Bertz CT molecular complexity index is 967. The van der Waals surface area contributed by atoms with Gasteiger partial charge in [0, 0.05) is 30.8 Å². The van der Waals surface area contributed by atoms with Gasteiger partial charge in [-0.3, -0.25) is 14.4 Å². The van der Waals surface area contributed by atoms with Crippen LogP contribution in [0, 0.1) is 0 Å². The Morgan fingerprint density at radius 3 is 2.59 bits per heavy atom. The van der Waals surface area contributed by atoms with Gasteiger partial charge in [0.05, 0.1) is 40.8 Å². The van der Waals surface area contributed by atoms with Crippen LogP contribution >= 0.6 is 11.6 Å². The molecule has 4 rings (SSSR count). The Hall–Kier alpha value is -2.54. The van der Waals surface area contributed by atoms with Gasteiger partial charge in [-0.05, 0) is 45.7 Å². The molecule has 1 saturated carbocycles. The lowest BCUT2D eigenvalue weighted by Gasteiger charge is -2.40. The maximum atomic E-state index is 12.8. The van der Waals surface area contributed by atoms with Crippen molar-refractivity contribution in [3.05, 3.63) is 29.5 Å². The van der Waals surface area contributed by atoms with E-state index in [1.807, 2.05) is 37.7 Å². The van der Waals surface area contributed by atoms with Crippen molar-refractivity contribution in [3.8, 4) is 11.1 Å². The van der Waals surface area contributed by atoms with Crippen molar-refractivity contribution < 1.29 is 14.3 Å². The molecule has 0 spiro atoms.